The Kier molecular flexibility index (Phi) is 4.59. The van der Waals surface area contributed by atoms with Crippen molar-refractivity contribution in [3.8, 4) is 6.07 Å². The summed E-state index contributed by atoms with van der Waals surface area (Å²) in [6, 6.07) is 9.02. The third-order valence-corrected chi connectivity index (χ3v) is 3.91. The van der Waals surface area contributed by atoms with E-state index in [1.165, 1.54) is 7.11 Å². The number of likely N-dealkylation sites (tertiary alicyclic amines) is 1. The molecule has 1 aromatic rings. The number of hydrogen-bond donors (Lipinski definition) is 0. The van der Waals surface area contributed by atoms with Gasteiger partial charge >= 0.3 is 5.97 Å². The number of carbonyl (C=O) groups is 2. The zero-order chi connectivity index (χ0) is 15.4. The summed E-state index contributed by atoms with van der Waals surface area (Å²) < 4.78 is 4.77. The SMILES string of the molecule is COC(=O)C1CN(C(=O)Cc2ccc(C#N)cc2)CC1C. The molecule has 1 fully saturated rings. The van der Waals surface area contributed by atoms with Crippen molar-refractivity contribution in [1.82, 2.24) is 4.90 Å². The predicted octanol–water partition coefficient (Wildman–Crippen LogP) is 1.37. The molecule has 1 amide bonds. The fourth-order valence-corrected chi connectivity index (χ4v) is 2.61. The molecule has 0 spiro atoms. The molecule has 110 valence electrons. The molecule has 1 saturated heterocycles. The maximum Gasteiger partial charge on any atom is 0.310 e. The summed E-state index contributed by atoms with van der Waals surface area (Å²) in [5.74, 6) is -0.378. The van der Waals surface area contributed by atoms with Crippen molar-refractivity contribution < 1.29 is 14.3 Å². The number of benzene rings is 1. The second-order valence-corrected chi connectivity index (χ2v) is 5.39. The molecular weight excluding hydrogens is 268 g/mol. The second kappa shape index (κ2) is 6.40. The summed E-state index contributed by atoms with van der Waals surface area (Å²) in [5, 5.41) is 8.75. The lowest BCUT2D eigenvalue weighted by atomic mass is 9.99. The van der Waals surface area contributed by atoms with Crippen LogP contribution in [0.1, 0.15) is 18.1 Å². The summed E-state index contributed by atoms with van der Waals surface area (Å²) in [6.45, 7) is 2.95. The lowest BCUT2D eigenvalue weighted by Gasteiger charge is -2.16. The van der Waals surface area contributed by atoms with Crippen LogP contribution in [-0.4, -0.2) is 37.0 Å². The van der Waals surface area contributed by atoms with Gasteiger partial charge in [-0.1, -0.05) is 19.1 Å². The molecule has 0 saturated carbocycles. The van der Waals surface area contributed by atoms with Gasteiger partial charge in [0.15, 0.2) is 0 Å². The van der Waals surface area contributed by atoms with Crippen LogP contribution in [0.3, 0.4) is 0 Å². The standard InChI is InChI=1S/C16H18N2O3/c1-11-9-18(10-14(11)16(20)21-2)15(19)7-12-3-5-13(8-17)6-4-12/h3-6,11,14H,7,9-10H2,1-2H3. The number of esters is 1. The van der Waals surface area contributed by atoms with Gasteiger partial charge < -0.3 is 9.64 Å². The molecule has 0 N–H and O–H groups in total. The fraction of sp³-hybridized carbons (Fsp3) is 0.438. The summed E-state index contributed by atoms with van der Waals surface area (Å²) in [7, 11) is 1.37. The lowest BCUT2D eigenvalue weighted by Crippen LogP contribution is -2.31. The van der Waals surface area contributed by atoms with E-state index in [0.717, 1.165) is 5.56 Å². The van der Waals surface area contributed by atoms with Gasteiger partial charge in [0, 0.05) is 13.1 Å². The molecule has 0 aromatic heterocycles. The van der Waals surface area contributed by atoms with Crippen LogP contribution in [0.4, 0.5) is 0 Å². The van der Waals surface area contributed by atoms with Crippen LogP contribution in [0.5, 0.6) is 0 Å². The minimum absolute atomic E-state index is 0.00189. The van der Waals surface area contributed by atoms with E-state index in [1.807, 2.05) is 13.0 Å². The number of nitriles is 1. The van der Waals surface area contributed by atoms with Crippen LogP contribution in [0.2, 0.25) is 0 Å². The number of hydrogen-bond acceptors (Lipinski definition) is 4. The Bertz CT molecular complexity index is 574. The number of ether oxygens (including phenoxy) is 1. The molecule has 0 aliphatic carbocycles. The van der Waals surface area contributed by atoms with Crippen LogP contribution < -0.4 is 0 Å². The van der Waals surface area contributed by atoms with Gasteiger partial charge in [0.05, 0.1) is 31.1 Å². The summed E-state index contributed by atoms with van der Waals surface area (Å²) in [6.07, 6.45) is 0.284. The van der Waals surface area contributed by atoms with Crippen molar-refractivity contribution >= 4 is 11.9 Å². The van der Waals surface area contributed by atoms with Crippen LogP contribution in [-0.2, 0) is 20.7 Å². The molecular formula is C16H18N2O3. The Labute approximate surface area is 124 Å². The van der Waals surface area contributed by atoms with E-state index in [9.17, 15) is 9.59 Å². The average molecular weight is 286 g/mol. The first-order valence-electron chi connectivity index (χ1n) is 6.89. The van der Waals surface area contributed by atoms with E-state index in [1.54, 1.807) is 29.2 Å². The van der Waals surface area contributed by atoms with Gasteiger partial charge in [-0.3, -0.25) is 9.59 Å². The molecule has 1 aliphatic rings. The smallest absolute Gasteiger partial charge is 0.310 e. The van der Waals surface area contributed by atoms with Crippen LogP contribution in [0.25, 0.3) is 0 Å². The molecule has 5 heteroatoms. The largest absolute Gasteiger partial charge is 0.469 e. The predicted molar refractivity (Wildman–Crippen MR) is 76.1 cm³/mol. The Morgan fingerprint density at radius 3 is 2.57 bits per heavy atom. The van der Waals surface area contributed by atoms with Crippen LogP contribution in [0, 0.1) is 23.2 Å². The highest BCUT2D eigenvalue weighted by atomic mass is 16.5. The van der Waals surface area contributed by atoms with E-state index in [4.69, 9.17) is 10.00 Å². The highest BCUT2D eigenvalue weighted by Crippen LogP contribution is 2.24. The number of rotatable bonds is 3. The molecule has 0 radical (unpaired) electrons. The van der Waals surface area contributed by atoms with E-state index < -0.39 is 0 Å². The fourth-order valence-electron chi connectivity index (χ4n) is 2.61. The van der Waals surface area contributed by atoms with Gasteiger partial charge in [-0.05, 0) is 23.6 Å². The minimum Gasteiger partial charge on any atom is -0.469 e. The lowest BCUT2D eigenvalue weighted by molar-refractivity contribution is -0.146. The van der Waals surface area contributed by atoms with Crippen molar-refractivity contribution in [2.45, 2.75) is 13.3 Å². The van der Waals surface area contributed by atoms with Crippen molar-refractivity contribution in [2.75, 3.05) is 20.2 Å². The molecule has 0 bridgehead atoms. The van der Waals surface area contributed by atoms with E-state index >= 15 is 0 Å². The third kappa shape index (κ3) is 3.40. The highest BCUT2D eigenvalue weighted by molar-refractivity contribution is 5.81. The average Bonchev–Trinajstić information content (AvgIpc) is 2.89. The van der Waals surface area contributed by atoms with Crippen molar-refractivity contribution in [3.05, 3.63) is 35.4 Å². The molecule has 5 nitrogen and oxygen atoms in total. The first-order valence-corrected chi connectivity index (χ1v) is 6.89. The van der Waals surface area contributed by atoms with Crippen LogP contribution in [0.15, 0.2) is 24.3 Å². The highest BCUT2D eigenvalue weighted by Gasteiger charge is 2.37. The Morgan fingerprint density at radius 1 is 1.33 bits per heavy atom. The van der Waals surface area contributed by atoms with E-state index in [-0.39, 0.29) is 30.1 Å². The number of carbonyl (C=O) groups excluding carboxylic acids is 2. The monoisotopic (exact) mass is 286 g/mol. The first kappa shape index (κ1) is 15.0. The zero-order valence-corrected chi connectivity index (χ0v) is 12.2. The third-order valence-electron chi connectivity index (χ3n) is 3.91. The number of amides is 1. The first-order chi connectivity index (χ1) is 10.0. The molecule has 2 unspecified atom stereocenters. The van der Waals surface area contributed by atoms with Crippen LogP contribution >= 0.6 is 0 Å². The van der Waals surface area contributed by atoms with Crippen molar-refractivity contribution in [2.24, 2.45) is 11.8 Å². The maximum absolute atomic E-state index is 12.3. The van der Waals surface area contributed by atoms with E-state index in [2.05, 4.69) is 0 Å². The minimum atomic E-state index is -0.254. The molecule has 2 atom stereocenters. The van der Waals surface area contributed by atoms with Crippen molar-refractivity contribution in [1.29, 1.82) is 5.26 Å². The van der Waals surface area contributed by atoms with Gasteiger partial charge in [0.1, 0.15) is 0 Å². The summed E-state index contributed by atoms with van der Waals surface area (Å²) >= 11 is 0. The Morgan fingerprint density at radius 2 is 2.00 bits per heavy atom. The molecule has 1 heterocycles. The summed E-state index contributed by atoms with van der Waals surface area (Å²) in [5.41, 5.74) is 1.44. The van der Waals surface area contributed by atoms with Crippen molar-refractivity contribution in [3.63, 3.8) is 0 Å². The summed E-state index contributed by atoms with van der Waals surface area (Å²) in [4.78, 5) is 25.6. The molecule has 2 rings (SSSR count). The molecule has 1 aliphatic heterocycles. The van der Waals surface area contributed by atoms with Gasteiger partial charge in [0.2, 0.25) is 5.91 Å². The number of nitrogens with zero attached hydrogens (tertiary/aromatic N) is 2. The Hall–Kier alpha value is -2.35. The second-order valence-electron chi connectivity index (χ2n) is 5.39. The topological polar surface area (TPSA) is 70.4 Å². The quantitative estimate of drug-likeness (QED) is 0.787. The normalized spacial score (nSPS) is 20.9. The zero-order valence-electron chi connectivity index (χ0n) is 12.2. The number of methoxy groups -OCH3 is 1. The van der Waals surface area contributed by atoms with E-state index in [0.29, 0.717) is 18.7 Å². The Balaban J connectivity index is 1.98. The molecule has 21 heavy (non-hydrogen) atoms. The van der Waals surface area contributed by atoms with Gasteiger partial charge in [-0.25, -0.2) is 0 Å². The van der Waals surface area contributed by atoms with Gasteiger partial charge in [0.25, 0.3) is 0 Å². The van der Waals surface area contributed by atoms with Gasteiger partial charge in [-0.15, -0.1) is 0 Å². The molecule has 1 aromatic carbocycles. The van der Waals surface area contributed by atoms with Gasteiger partial charge in [-0.2, -0.15) is 5.26 Å². The maximum atomic E-state index is 12.3.